The first-order valence-electron chi connectivity index (χ1n) is 7.30. The molecule has 0 aliphatic carbocycles. The van der Waals surface area contributed by atoms with Gasteiger partial charge in [-0.25, -0.2) is 0 Å². The summed E-state index contributed by atoms with van der Waals surface area (Å²) >= 11 is 0. The Bertz CT molecular complexity index is 473. The molecule has 20 heavy (non-hydrogen) atoms. The van der Waals surface area contributed by atoms with Crippen LogP contribution in [-0.4, -0.2) is 49.1 Å². The topological polar surface area (TPSA) is 52.7 Å². The van der Waals surface area contributed by atoms with Crippen molar-refractivity contribution in [1.29, 1.82) is 0 Å². The van der Waals surface area contributed by atoms with Crippen LogP contribution in [0.5, 0.6) is 5.75 Å². The summed E-state index contributed by atoms with van der Waals surface area (Å²) < 4.78 is 0. The van der Waals surface area contributed by atoms with E-state index in [0.29, 0.717) is 11.7 Å². The lowest BCUT2D eigenvalue weighted by atomic mass is 9.95. The van der Waals surface area contributed by atoms with Gasteiger partial charge in [0.15, 0.2) is 0 Å². The van der Waals surface area contributed by atoms with Crippen LogP contribution >= 0.6 is 0 Å². The van der Waals surface area contributed by atoms with Crippen LogP contribution in [0.1, 0.15) is 29.2 Å². The monoisotopic (exact) mass is 277 g/mol. The van der Waals surface area contributed by atoms with Crippen molar-refractivity contribution in [2.75, 3.05) is 34.2 Å². The van der Waals surface area contributed by atoms with Gasteiger partial charge in [-0.3, -0.25) is 4.90 Å². The van der Waals surface area contributed by atoms with Crippen LogP contribution < -0.4 is 5.73 Å². The Morgan fingerprint density at radius 2 is 2.10 bits per heavy atom. The maximum Gasteiger partial charge on any atom is 0.125 e. The number of nitrogens with zero attached hydrogens (tertiary/aromatic N) is 2. The highest BCUT2D eigenvalue weighted by Gasteiger charge is 2.32. The molecule has 4 heteroatoms. The summed E-state index contributed by atoms with van der Waals surface area (Å²) in [6.45, 7) is 4.56. The Labute approximate surface area is 122 Å². The van der Waals surface area contributed by atoms with Gasteiger partial charge in [-0.15, -0.1) is 0 Å². The summed E-state index contributed by atoms with van der Waals surface area (Å²) in [6.07, 6.45) is 1.03. The van der Waals surface area contributed by atoms with Crippen molar-refractivity contribution >= 4 is 0 Å². The molecule has 0 saturated carbocycles. The molecule has 0 spiro atoms. The van der Waals surface area contributed by atoms with Gasteiger partial charge in [-0.1, -0.05) is 12.1 Å². The molecule has 1 fully saturated rings. The molecule has 1 aromatic carbocycles. The number of hydrogen-bond acceptors (Lipinski definition) is 4. The molecule has 4 nitrogen and oxygen atoms in total. The minimum Gasteiger partial charge on any atom is -0.507 e. The lowest BCUT2D eigenvalue weighted by Gasteiger charge is -2.23. The van der Waals surface area contributed by atoms with E-state index in [4.69, 9.17) is 5.73 Å². The number of phenolic OH excluding ortho intramolecular Hbond substituents is 1. The normalized spacial score (nSPS) is 23.7. The van der Waals surface area contributed by atoms with Crippen molar-refractivity contribution in [2.24, 2.45) is 11.7 Å². The van der Waals surface area contributed by atoms with E-state index in [1.54, 1.807) is 0 Å². The van der Waals surface area contributed by atoms with Crippen molar-refractivity contribution in [3.05, 3.63) is 28.8 Å². The van der Waals surface area contributed by atoms with Crippen LogP contribution in [0, 0.1) is 12.8 Å². The molecular formula is C16H27N3O. The zero-order chi connectivity index (χ0) is 14.9. The van der Waals surface area contributed by atoms with E-state index < -0.39 is 0 Å². The SMILES string of the molecule is Cc1ccc(C2CC(CN)CN2C)c(O)c1CN(C)C. The van der Waals surface area contributed by atoms with Gasteiger partial charge in [-0.2, -0.15) is 0 Å². The van der Waals surface area contributed by atoms with Crippen molar-refractivity contribution in [2.45, 2.75) is 25.9 Å². The van der Waals surface area contributed by atoms with Crippen molar-refractivity contribution < 1.29 is 5.11 Å². The molecule has 1 aromatic rings. The summed E-state index contributed by atoms with van der Waals surface area (Å²) in [4.78, 5) is 4.40. The van der Waals surface area contributed by atoms with Gasteiger partial charge in [-0.05, 0) is 52.5 Å². The summed E-state index contributed by atoms with van der Waals surface area (Å²) in [5.74, 6) is 0.997. The zero-order valence-electron chi connectivity index (χ0n) is 13.1. The molecule has 0 bridgehead atoms. The number of nitrogens with two attached hydrogens (primary N) is 1. The Morgan fingerprint density at radius 1 is 1.40 bits per heavy atom. The molecule has 2 unspecified atom stereocenters. The first kappa shape index (κ1) is 15.3. The summed E-state index contributed by atoms with van der Waals surface area (Å²) in [5, 5.41) is 10.7. The van der Waals surface area contributed by atoms with Gasteiger partial charge in [0.1, 0.15) is 5.75 Å². The Kier molecular flexibility index (Phi) is 4.68. The standard InChI is InChI=1S/C16H27N3O/c1-11-5-6-13(16(20)14(11)10-18(2)3)15-7-12(8-17)9-19(15)4/h5-6,12,15,20H,7-10,17H2,1-4H3. The van der Waals surface area contributed by atoms with E-state index in [-0.39, 0.29) is 6.04 Å². The maximum absolute atomic E-state index is 10.7. The van der Waals surface area contributed by atoms with Crippen LogP contribution in [0.25, 0.3) is 0 Å². The third kappa shape index (κ3) is 2.97. The van der Waals surface area contributed by atoms with E-state index in [1.165, 1.54) is 0 Å². The lowest BCUT2D eigenvalue weighted by molar-refractivity contribution is 0.303. The molecule has 0 radical (unpaired) electrons. The summed E-state index contributed by atoms with van der Waals surface area (Å²) in [6, 6.07) is 4.48. The van der Waals surface area contributed by atoms with E-state index >= 15 is 0 Å². The molecule has 3 N–H and O–H groups in total. The van der Waals surface area contributed by atoms with Gasteiger partial charge in [0, 0.05) is 30.3 Å². The van der Waals surface area contributed by atoms with Crippen LogP contribution in [0.3, 0.4) is 0 Å². The van der Waals surface area contributed by atoms with Crippen LogP contribution in [0.4, 0.5) is 0 Å². The third-order valence-corrected chi connectivity index (χ3v) is 4.35. The van der Waals surface area contributed by atoms with E-state index in [1.807, 2.05) is 14.1 Å². The molecule has 1 heterocycles. The fraction of sp³-hybridized carbons (Fsp3) is 0.625. The summed E-state index contributed by atoms with van der Waals surface area (Å²) in [5.41, 5.74) is 9.03. The number of benzene rings is 1. The lowest BCUT2D eigenvalue weighted by Crippen LogP contribution is -2.21. The predicted molar refractivity (Wildman–Crippen MR) is 82.8 cm³/mol. The Hall–Kier alpha value is -1.10. The number of aromatic hydroxyl groups is 1. The maximum atomic E-state index is 10.7. The number of aryl methyl sites for hydroxylation is 1. The average molecular weight is 277 g/mol. The molecule has 0 amide bonds. The van der Waals surface area contributed by atoms with Crippen LogP contribution in [-0.2, 0) is 6.54 Å². The van der Waals surface area contributed by atoms with Gasteiger partial charge in [0.05, 0.1) is 0 Å². The second-order valence-electron chi connectivity index (χ2n) is 6.33. The molecule has 1 aliphatic heterocycles. The van der Waals surface area contributed by atoms with Crippen LogP contribution in [0.2, 0.25) is 0 Å². The number of hydrogen-bond donors (Lipinski definition) is 2. The third-order valence-electron chi connectivity index (χ3n) is 4.35. The number of rotatable bonds is 4. The van der Waals surface area contributed by atoms with E-state index in [2.05, 4.69) is 35.9 Å². The number of phenols is 1. The predicted octanol–water partition coefficient (Wildman–Crippen LogP) is 1.71. The highest BCUT2D eigenvalue weighted by Crippen LogP contribution is 2.40. The quantitative estimate of drug-likeness (QED) is 0.880. The Morgan fingerprint density at radius 3 is 2.65 bits per heavy atom. The van der Waals surface area contributed by atoms with Crippen molar-refractivity contribution in [1.82, 2.24) is 9.80 Å². The zero-order valence-corrected chi connectivity index (χ0v) is 13.1. The van der Waals surface area contributed by atoms with Gasteiger partial charge in [0.25, 0.3) is 0 Å². The van der Waals surface area contributed by atoms with E-state index in [9.17, 15) is 5.11 Å². The summed E-state index contributed by atoms with van der Waals surface area (Å²) in [7, 11) is 6.17. The second kappa shape index (κ2) is 6.12. The molecule has 1 aliphatic rings. The van der Waals surface area contributed by atoms with Crippen LogP contribution in [0.15, 0.2) is 12.1 Å². The second-order valence-corrected chi connectivity index (χ2v) is 6.33. The Balaban J connectivity index is 2.33. The first-order valence-corrected chi connectivity index (χ1v) is 7.30. The van der Waals surface area contributed by atoms with Gasteiger partial charge in [0.2, 0.25) is 0 Å². The minimum atomic E-state index is 0.282. The fourth-order valence-electron chi connectivity index (χ4n) is 3.18. The van der Waals surface area contributed by atoms with Crippen molar-refractivity contribution in [3.63, 3.8) is 0 Å². The largest absolute Gasteiger partial charge is 0.507 e. The smallest absolute Gasteiger partial charge is 0.125 e. The molecule has 112 valence electrons. The van der Waals surface area contributed by atoms with E-state index in [0.717, 1.165) is 42.7 Å². The minimum absolute atomic E-state index is 0.282. The molecule has 0 aromatic heterocycles. The molecular weight excluding hydrogens is 250 g/mol. The first-order chi connectivity index (χ1) is 9.43. The molecule has 1 saturated heterocycles. The van der Waals surface area contributed by atoms with Gasteiger partial charge >= 0.3 is 0 Å². The number of likely N-dealkylation sites (tertiary alicyclic amines) is 1. The highest BCUT2D eigenvalue weighted by atomic mass is 16.3. The fourth-order valence-corrected chi connectivity index (χ4v) is 3.18. The van der Waals surface area contributed by atoms with Gasteiger partial charge < -0.3 is 15.7 Å². The average Bonchev–Trinajstić information content (AvgIpc) is 2.76. The van der Waals surface area contributed by atoms with Crippen molar-refractivity contribution in [3.8, 4) is 5.75 Å². The molecule has 2 atom stereocenters. The highest BCUT2D eigenvalue weighted by molar-refractivity contribution is 5.47. The molecule has 2 rings (SSSR count).